The number of nitrogens with zero attached hydrogens (tertiary/aromatic N) is 1. The first-order valence-corrected chi connectivity index (χ1v) is 4.84. The molecule has 0 unspecified atom stereocenters. The van der Waals surface area contributed by atoms with Crippen LogP contribution in [-0.2, 0) is 10.2 Å². The van der Waals surface area contributed by atoms with E-state index in [-0.39, 0.29) is 11.3 Å². The molecular formula is C11H16N2O2. The summed E-state index contributed by atoms with van der Waals surface area (Å²) in [5.74, 6) is -0.355. The highest BCUT2D eigenvalue weighted by Gasteiger charge is 2.21. The summed E-state index contributed by atoms with van der Waals surface area (Å²) < 4.78 is 0. The Hall–Kier alpha value is -1.42. The zero-order valence-electron chi connectivity index (χ0n) is 9.03. The standard InChI is InChI=1S/C11H16N2O2/c1-11(2,8-13-10(15)7-14)9-4-3-5-12-6-9/h3-6,14H,7-8H2,1-2H3,(H,13,15). The topological polar surface area (TPSA) is 62.2 Å². The zero-order valence-corrected chi connectivity index (χ0v) is 9.03. The molecule has 2 N–H and O–H groups in total. The highest BCUT2D eigenvalue weighted by Crippen LogP contribution is 2.20. The van der Waals surface area contributed by atoms with Crippen molar-refractivity contribution in [3.05, 3.63) is 30.1 Å². The molecular weight excluding hydrogens is 192 g/mol. The molecule has 1 heterocycles. The van der Waals surface area contributed by atoms with Crippen LogP contribution in [0.25, 0.3) is 0 Å². The van der Waals surface area contributed by atoms with E-state index in [1.807, 2.05) is 26.0 Å². The molecule has 0 saturated carbocycles. The van der Waals surface area contributed by atoms with E-state index >= 15 is 0 Å². The second kappa shape index (κ2) is 4.89. The second-order valence-corrected chi connectivity index (χ2v) is 4.06. The fourth-order valence-electron chi connectivity index (χ4n) is 1.24. The van der Waals surface area contributed by atoms with Crippen LogP contribution in [0.2, 0.25) is 0 Å². The van der Waals surface area contributed by atoms with Gasteiger partial charge in [0, 0.05) is 24.4 Å². The lowest BCUT2D eigenvalue weighted by atomic mass is 9.86. The molecule has 15 heavy (non-hydrogen) atoms. The van der Waals surface area contributed by atoms with Crippen molar-refractivity contribution in [3.8, 4) is 0 Å². The van der Waals surface area contributed by atoms with E-state index < -0.39 is 6.61 Å². The van der Waals surface area contributed by atoms with Gasteiger partial charge in [-0.05, 0) is 11.6 Å². The third-order valence-corrected chi connectivity index (χ3v) is 2.31. The van der Waals surface area contributed by atoms with Gasteiger partial charge >= 0.3 is 0 Å². The Morgan fingerprint density at radius 3 is 2.87 bits per heavy atom. The number of amides is 1. The lowest BCUT2D eigenvalue weighted by Crippen LogP contribution is -2.37. The highest BCUT2D eigenvalue weighted by atomic mass is 16.3. The second-order valence-electron chi connectivity index (χ2n) is 4.06. The maximum Gasteiger partial charge on any atom is 0.245 e. The number of hydrogen-bond donors (Lipinski definition) is 2. The van der Waals surface area contributed by atoms with Crippen molar-refractivity contribution in [3.63, 3.8) is 0 Å². The summed E-state index contributed by atoms with van der Waals surface area (Å²) in [5.41, 5.74) is 0.877. The predicted octanol–water partition coefficient (Wildman–Crippen LogP) is 0.468. The molecule has 0 saturated heterocycles. The Balaban J connectivity index is 2.63. The Kier molecular flexibility index (Phi) is 3.80. The third-order valence-electron chi connectivity index (χ3n) is 2.31. The number of aromatic nitrogens is 1. The fraction of sp³-hybridized carbons (Fsp3) is 0.455. The zero-order chi connectivity index (χ0) is 11.3. The minimum Gasteiger partial charge on any atom is -0.387 e. The summed E-state index contributed by atoms with van der Waals surface area (Å²) >= 11 is 0. The van der Waals surface area contributed by atoms with Gasteiger partial charge in [-0.15, -0.1) is 0 Å². The minimum absolute atomic E-state index is 0.181. The molecule has 0 aliphatic rings. The molecule has 0 radical (unpaired) electrons. The van der Waals surface area contributed by atoms with Crippen LogP contribution in [-0.4, -0.2) is 29.1 Å². The Morgan fingerprint density at radius 1 is 1.60 bits per heavy atom. The average molecular weight is 208 g/mol. The third kappa shape index (κ3) is 3.32. The summed E-state index contributed by atoms with van der Waals surface area (Å²) in [6.07, 6.45) is 3.50. The molecule has 1 rings (SSSR count). The molecule has 0 atom stereocenters. The number of rotatable bonds is 4. The van der Waals surface area contributed by atoms with Gasteiger partial charge in [0.25, 0.3) is 0 Å². The number of carbonyl (C=O) groups excluding carboxylic acids is 1. The van der Waals surface area contributed by atoms with E-state index in [0.717, 1.165) is 5.56 Å². The van der Waals surface area contributed by atoms with E-state index in [1.165, 1.54) is 0 Å². The molecule has 0 aliphatic carbocycles. The molecule has 0 spiro atoms. The van der Waals surface area contributed by atoms with E-state index in [1.54, 1.807) is 12.4 Å². The smallest absolute Gasteiger partial charge is 0.245 e. The number of hydrogen-bond acceptors (Lipinski definition) is 3. The van der Waals surface area contributed by atoms with Gasteiger partial charge in [0.05, 0.1) is 0 Å². The predicted molar refractivity (Wildman–Crippen MR) is 57.4 cm³/mol. The molecule has 4 heteroatoms. The van der Waals surface area contributed by atoms with Crippen LogP contribution < -0.4 is 5.32 Å². The molecule has 82 valence electrons. The van der Waals surface area contributed by atoms with Crippen LogP contribution in [0.5, 0.6) is 0 Å². The van der Waals surface area contributed by atoms with Crippen LogP contribution in [0.3, 0.4) is 0 Å². The molecule has 1 aromatic rings. The number of aliphatic hydroxyl groups is 1. The van der Waals surface area contributed by atoms with E-state index in [9.17, 15) is 4.79 Å². The first-order chi connectivity index (χ1) is 7.06. The summed E-state index contributed by atoms with van der Waals surface area (Å²) in [6, 6.07) is 3.84. The van der Waals surface area contributed by atoms with Crippen molar-refractivity contribution in [1.82, 2.24) is 10.3 Å². The number of nitrogens with one attached hydrogen (secondary N) is 1. The first kappa shape index (κ1) is 11.7. The lowest BCUT2D eigenvalue weighted by molar-refractivity contribution is -0.124. The Labute approximate surface area is 89.3 Å². The van der Waals surface area contributed by atoms with Crippen LogP contribution in [0, 0.1) is 0 Å². The van der Waals surface area contributed by atoms with Crippen LogP contribution in [0.15, 0.2) is 24.5 Å². The largest absolute Gasteiger partial charge is 0.387 e. The summed E-state index contributed by atoms with van der Waals surface area (Å²) in [5, 5.41) is 11.2. The van der Waals surface area contributed by atoms with Crippen LogP contribution in [0.4, 0.5) is 0 Å². The number of carbonyl (C=O) groups is 1. The van der Waals surface area contributed by atoms with Crippen LogP contribution in [0.1, 0.15) is 19.4 Å². The van der Waals surface area contributed by atoms with E-state index in [4.69, 9.17) is 5.11 Å². The molecule has 0 bridgehead atoms. The summed E-state index contributed by atoms with van der Waals surface area (Å²) in [4.78, 5) is 14.9. The van der Waals surface area contributed by atoms with E-state index in [0.29, 0.717) is 6.54 Å². The first-order valence-electron chi connectivity index (χ1n) is 4.84. The van der Waals surface area contributed by atoms with Gasteiger partial charge < -0.3 is 10.4 Å². The quantitative estimate of drug-likeness (QED) is 0.756. The lowest BCUT2D eigenvalue weighted by Gasteiger charge is -2.24. The Morgan fingerprint density at radius 2 is 2.33 bits per heavy atom. The summed E-state index contributed by atoms with van der Waals surface area (Å²) in [6.45, 7) is 4.05. The van der Waals surface area contributed by atoms with Gasteiger partial charge in [-0.3, -0.25) is 9.78 Å². The van der Waals surface area contributed by atoms with Crippen LogP contribution >= 0.6 is 0 Å². The summed E-state index contributed by atoms with van der Waals surface area (Å²) in [7, 11) is 0. The minimum atomic E-state index is -0.469. The molecule has 1 aromatic heterocycles. The SMILES string of the molecule is CC(C)(CNC(=O)CO)c1cccnc1. The van der Waals surface area contributed by atoms with Crippen molar-refractivity contribution in [2.45, 2.75) is 19.3 Å². The number of aliphatic hydroxyl groups excluding tert-OH is 1. The molecule has 4 nitrogen and oxygen atoms in total. The van der Waals surface area contributed by atoms with Crippen molar-refractivity contribution in [2.75, 3.05) is 13.2 Å². The van der Waals surface area contributed by atoms with Crippen molar-refractivity contribution < 1.29 is 9.90 Å². The van der Waals surface area contributed by atoms with Gasteiger partial charge in [0.15, 0.2) is 0 Å². The molecule has 1 amide bonds. The number of pyridine rings is 1. The molecule has 0 aliphatic heterocycles. The average Bonchev–Trinajstić information content (AvgIpc) is 2.27. The van der Waals surface area contributed by atoms with Gasteiger partial charge in [0.2, 0.25) is 5.91 Å². The van der Waals surface area contributed by atoms with Gasteiger partial charge in [-0.2, -0.15) is 0 Å². The van der Waals surface area contributed by atoms with Crippen molar-refractivity contribution in [2.24, 2.45) is 0 Å². The fourth-order valence-corrected chi connectivity index (χ4v) is 1.24. The van der Waals surface area contributed by atoms with Crippen molar-refractivity contribution in [1.29, 1.82) is 0 Å². The van der Waals surface area contributed by atoms with E-state index in [2.05, 4.69) is 10.3 Å². The molecule has 0 aromatic carbocycles. The maximum atomic E-state index is 10.9. The van der Waals surface area contributed by atoms with Gasteiger partial charge in [0.1, 0.15) is 6.61 Å². The van der Waals surface area contributed by atoms with Gasteiger partial charge in [-0.25, -0.2) is 0 Å². The maximum absolute atomic E-state index is 10.9. The monoisotopic (exact) mass is 208 g/mol. The molecule has 0 fully saturated rings. The normalized spacial score (nSPS) is 11.1. The van der Waals surface area contributed by atoms with Crippen molar-refractivity contribution >= 4 is 5.91 Å². The van der Waals surface area contributed by atoms with Gasteiger partial charge in [-0.1, -0.05) is 19.9 Å². The highest BCUT2D eigenvalue weighted by molar-refractivity contribution is 5.76. The Bertz CT molecular complexity index is 323.